The lowest BCUT2D eigenvalue weighted by Gasteiger charge is -2.15. The van der Waals surface area contributed by atoms with Gasteiger partial charge in [-0.05, 0) is 33.2 Å². The van der Waals surface area contributed by atoms with Crippen molar-refractivity contribution in [2.24, 2.45) is 0 Å². The van der Waals surface area contributed by atoms with Gasteiger partial charge < -0.3 is 10.6 Å². The van der Waals surface area contributed by atoms with Gasteiger partial charge in [0.15, 0.2) is 0 Å². The van der Waals surface area contributed by atoms with Crippen molar-refractivity contribution >= 4 is 11.6 Å². The van der Waals surface area contributed by atoms with Crippen molar-refractivity contribution in [3.05, 3.63) is 29.8 Å². The van der Waals surface area contributed by atoms with Gasteiger partial charge in [-0.3, -0.25) is 9.69 Å². The average Bonchev–Trinajstić information content (AvgIpc) is 2.29. The maximum absolute atomic E-state index is 11.7. The zero-order chi connectivity index (χ0) is 12.7. The summed E-state index contributed by atoms with van der Waals surface area (Å²) < 4.78 is 0. The van der Waals surface area contributed by atoms with Crippen molar-refractivity contribution in [2.45, 2.75) is 6.92 Å². The van der Waals surface area contributed by atoms with Gasteiger partial charge in [-0.25, -0.2) is 0 Å². The second-order valence-corrected chi connectivity index (χ2v) is 4.26. The standard InChI is InChI=1S/C13H21N3O/c1-11-4-6-12(7-5-11)15-13(17)10-16(3)9-8-14-2/h4-7,14H,8-10H2,1-3H3,(H,15,17). The largest absolute Gasteiger partial charge is 0.325 e. The lowest BCUT2D eigenvalue weighted by Crippen LogP contribution is -2.34. The number of nitrogens with one attached hydrogen (secondary N) is 2. The molecule has 0 aromatic heterocycles. The molecule has 2 N–H and O–H groups in total. The van der Waals surface area contributed by atoms with Crippen LogP contribution in [0.25, 0.3) is 0 Å². The summed E-state index contributed by atoms with van der Waals surface area (Å²) in [6, 6.07) is 7.81. The van der Waals surface area contributed by atoms with Gasteiger partial charge in [0, 0.05) is 18.8 Å². The highest BCUT2D eigenvalue weighted by molar-refractivity contribution is 5.92. The van der Waals surface area contributed by atoms with Gasteiger partial charge in [0.05, 0.1) is 6.54 Å². The monoisotopic (exact) mass is 235 g/mol. The Hall–Kier alpha value is -1.39. The lowest BCUT2D eigenvalue weighted by molar-refractivity contribution is -0.117. The maximum Gasteiger partial charge on any atom is 0.238 e. The van der Waals surface area contributed by atoms with Crippen molar-refractivity contribution in [3.8, 4) is 0 Å². The van der Waals surface area contributed by atoms with Crippen LogP contribution in [0.4, 0.5) is 5.69 Å². The summed E-state index contributed by atoms with van der Waals surface area (Å²) in [5, 5.41) is 5.93. The molecule has 4 nitrogen and oxygen atoms in total. The molecule has 0 fully saturated rings. The maximum atomic E-state index is 11.7. The van der Waals surface area contributed by atoms with E-state index in [0.717, 1.165) is 18.8 Å². The van der Waals surface area contributed by atoms with Crippen LogP contribution >= 0.6 is 0 Å². The molecule has 0 spiro atoms. The van der Waals surface area contributed by atoms with Gasteiger partial charge >= 0.3 is 0 Å². The molecule has 1 rings (SSSR count). The van der Waals surface area contributed by atoms with Crippen molar-refractivity contribution in [1.29, 1.82) is 0 Å². The first-order chi connectivity index (χ1) is 8.11. The highest BCUT2D eigenvalue weighted by Gasteiger charge is 2.05. The van der Waals surface area contributed by atoms with Crippen LogP contribution in [0.5, 0.6) is 0 Å². The third-order valence-corrected chi connectivity index (χ3v) is 2.49. The number of aryl methyl sites for hydroxylation is 1. The predicted molar refractivity (Wildman–Crippen MR) is 71.2 cm³/mol. The average molecular weight is 235 g/mol. The number of anilines is 1. The number of carbonyl (C=O) groups is 1. The molecule has 0 saturated heterocycles. The van der Waals surface area contributed by atoms with Crippen molar-refractivity contribution < 1.29 is 4.79 Å². The first kappa shape index (κ1) is 13.7. The Labute approximate surface area is 103 Å². The van der Waals surface area contributed by atoms with E-state index in [1.54, 1.807) is 0 Å². The summed E-state index contributed by atoms with van der Waals surface area (Å²) in [7, 11) is 3.84. The molecule has 0 radical (unpaired) electrons. The van der Waals surface area contributed by atoms with Crippen molar-refractivity contribution in [2.75, 3.05) is 39.0 Å². The number of nitrogens with zero attached hydrogens (tertiary/aromatic N) is 1. The van der Waals surface area contributed by atoms with E-state index in [9.17, 15) is 4.79 Å². The van der Waals surface area contributed by atoms with E-state index in [1.807, 2.05) is 50.2 Å². The molecule has 0 saturated carbocycles. The summed E-state index contributed by atoms with van der Waals surface area (Å²) >= 11 is 0. The summed E-state index contributed by atoms with van der Waals surface area (Å²) in [4.78, 5) is 13.7. The topological polar surface area (TPSA) is 44.4 Å². The van der Waals surface area contributed by atoms with Crippen molar-refractivity contribution in [1.82, 2.24) is 10.2 Å². The number of hydrogen-bond donors (Lipinski definition) is 2. The Morgan fingerprint density at radius 1 is 1.29 bits per heavy atom. The molecule has 0 atom stereocenters. The number of amides is 1. The minimum atomic E-state index is 0.0208. The summed E-state index contributed by atoms with van der Waals surface area (Å²) in [6.45, 7) is 4.18. The second kappa shape index (κ2) is 7.04. The number of rotatable bonds is 6. The Morgan fingerprint density at radius 3 is 2.53 bits per heavy atom. The van der Waals surface area contributed by atoms with Crippen molar-refractivity contribution in [3.63, 3.8) is 0 Å². The lowest BCUT2D eigenvalue weighted by atomic mass is 10.2. The fourth-order valence-corrected chi connectivity index (χ4v) is 1.46. The fraction of sp³-hybridized carbons (Fsp3) is 0.462. The van der Waals surface area contributed by atoms with E-state index >= 15 is 0 Å². The Morgan fingerprint density at radius 2 is 1.94 bits per heavy atom. The summed E-state index contributed by atoms with van der Waals surface area (Å²) in [6.07, 6.45) is 0. The van der Waals surface area contributed by atoms with Crippen LogP contribution < -0.4 is 10.6 Å². The van der Waals surface area contributed by atoms with Crippen LogP contribution in [0, 0.1) is 6.92 Å². The molecular formula is C13H21N3O. The Bertz CT molecular complexity index is 348. The normalized spacial score (nSPS) is 10.6. The van der Waals surface area contributed by atoms with Gasteiger partial charge in [-0.15, -0.1) is 0 Å². The quantitative estimate of drug-likeness (QED) is 0.775. The molecule has 94 valence electrons. The van der Waals surface area contributed by atoms with Crippen LogP contribution in [-0.4, -0.2) is 44.5 Å². The number of hydrogen-bond acceptors (Lipinski definition) is 3. The molecule has 17 heavy (non-hydrogen) atoms. The first-order valence-electron chi connectivity index (χ1n) is 5.81. The summed E-state index contributed by atoms with van der Waals surface area (Å²) in [5.41, 5.74) is 2.04. The fourth-order valence-electron chi connectivity index (χ4n) is 1.46. The smallest absolute Gasteiger partial charge is 0.238 e. The van der Waals surface area contributed by atoms with Gasteiger partial charge in [0.2, 0.25) is 5.91 Å². The highest BCUT2D eigenvalue weighted by atomic mass is 16.2. The van der Waals surface area contributed by atoms with E-state index in [1.165, 1.54) is 5.56 Å². The molecule has 0 bridgehead atoms. The number of likely N-dealkylation sites (N-methyl/N-ethyl adjacent to an activating group) is 2. The molecular weight excluding hydrogens is 214 g/mol. The van der Waals surface area contributed by atoms with E-state index in [-0.39, 0.29) is 5.91 Å². The van der Waals surface area contributed by atoms with Gasteiger partial charge in [0.25, 0.3) is 0 Å². The molecule has 0 aliphatic carbocycles. The molecule has 0 heterocycles. The zero-order valence-corrected chi connectivity index (χ0v) is 10.8. The van der Waals surface area contributed by atoms with Crippen LogP contribution in [0.2, 0.25) is 0 Å². The minimum Gasteiger partial charge on any atom is -0.325 e. The second-order valence-electron chi connectivity index (χ2n) is 4.26. The molecule has 4 heteroatoms. The highest BCUT2D eigenvalue weighted by Crippen LogP contribution is 2.08. The zero-order valence-electron chi connectivity index (χ0n) is 10.8. The van der Waals surface area contributed by atoms with Gasteiger partial charge in [-0.1, -0.05) is 17.7 Å². The Kier molecular flexibility index (Phi) is 5.66. The van der Waals surface area contributed by atoms with E-state index in [0.29, 0.717) is 6.54 Å². The molecule has 1 aromatic rings. The minimum absolute atomic E-state index is 0.0208. The number of benzene rings is 1. The molecule has 0 unspecified atom stereocenters. The number of carbonyl (C=O) groups excluding carboxylic acids is 1. The van der Waals surface area contributed by atoms with Gasteiger partial charge in [0.1, 0.15) is 0 Å². The van der Waals surface area contributed by atoms with Crippen LogP contribution in [0.3, 0.4) is 0 Å². The van der Waals surface area contributed by atoms with Crippen LogP contribution in [0.15, 0.2) is 24.3 Å². The third kappa shape index (κ3) is 5.47. The predicted octanol–water partition coefficient (Wildman–Crippen LogP) is 1.08. The van der Waals surface area contributed by atoms with E-state index in [2.05, 4.69) is 10.6 Å². The van der Waals surface area contributed by atoms with Crippen LogP contribution in [-0.2, 0) is 4.79 Å². The SMILES string of the molecule is CNCCN(C)CC(=O)Nc1ccc(C)cc1. The molecule has 0 aliphatic rings. The molecule has 1 aromatic carbocycles. The van der Waals surface area contributed by atoms with E-state index < -0.39 is 0 Å². The van der Waals surface area contributed by atoms with Crippen LogP contribution in [0.1, 0.15) is 5.56 Å². The van der Waals surface area contributed by atoms with Gasteiger partial charge in [-0.2, -0.15) is 0 Å². The Balaban J connectivity index is 2.36. The third-order valence-electron chi connectivity index (χ3n) is 2.49. The summed E-state index contributed by atoms with van der Waals surface area (Å²) in [5.74, 6) is 0.0208. The first-order valence-corrected chi connectivity index (χ1v) is 5.81. The van der Waals surface area contributed by atoms with E-state index in [4.69, 9.17) is 0 Å². The molecule has 0 aliphatic heterocycles. The molecule has 1 amide bonds.